The fourth-order valence-corrected chi connectivity index (χ4v) is 2.03. The minimum absolute atomic E-state index is 0. The van der Waals surface area contributed by atoms with E-state index >= 15 is 0 Å². The Bertz CT molecular complexity index is 693. The molecule has 0 spiro atoms. The van der Waals surface area contributed by atoms with Gasteiger partial charge in [0.2, 0.25) is 0 Å². The molecule has 0 atom stereocenters. The van der Waals surface area contributed by atoms with Crippen molar-refractivity contribution in [1.29, 1.82) is 0 Å². The van der Waals surface area contributed by atoms with Crippen LogP contribution in [0.3, 0.4) is 0 Å². The van der Waals surface area contributed by atoms with Crippen LogP contribution in [0.15, 0.2) is 0 Å². The predicted octanol–water partition coefficient (Wildman–Crippen LogP) is 7.82. The van der Waals surface area contributed by atoms with E-state index in [-0.39, 0.29) is 89.6 Å². The minimum Gasteiger partial charge on any atom is -0.299 e. The molecule has 6 nitrogen and oxygen atoms in total. The number of Topliss-reactive ketones (excluding diaryl/α,β-unsaturated/α-hetero) is 6. The second-order valence-corrected chi connectivity index (χ2v) is 16.6. The number of carbonyl (C=O) groups is 6. The van der Waals surface area contributed by atoms with Gasteiger partial charge in [0.15, 0.2) is 0 Å². The van der Waals surface area contributed by atoms with Crippen LogP contribution in [0.2, 0.25) is 0 Å². The fourth-order valence-electron chi connectivity index (χ4n) is 2.03. The molecule has 0 rings (SSSR count). The van der Waals surface area contributed by atoms with Crippen LogP contribution in [-0.2, 0) is 28.8 Å². The van der Waals surface area contributed by atoms with Gasteiger partial charge in [0, 0.05) is 32.5 Å². The van der Waals surface area contributed by atoms with Crippen molar-refractivity contribution in [3.05, 3.63) is 0 Å². The topological polar surface area (TPSA) is 102 Å². The Balaban J connectivity index is -0.000000240. The zero-order valence-electron chi connectivity index (χ0n) is 29.1. The smallest absolute Gasteiger partial charge is 0.299 e. The molecule has 0 bridgehead atoms. The molecule has 40 heavy (non-hydrogen) atoms. The summed E-state index contributed by atoms with van der Waals surface area (Å²) in [6.45, 7) is 33.1. The number of carbonyl (C=O) groups excluding carboxylic acids is 6. The molecule has 0 aliphatic heterocycles. The van der Waals surface area contributed by atoms with Gasteiger partial charge in [0.05, 0.1) is 19.3 Å². The number of ketones is 6. The van der Waals surface area contributed by atoms with Gasteiger partial charge < -0.3 is 0 Å². The van der Waals surface area contributed by atoms with Crippen LogP contribution in [0, 0.1) is 68.1 Å². The monoisotopic (exact) mass is 691 g/mol. The molecule has 0 saturated carbocycles. The largest absolute Gasteiger partial charge is 3.00 e. The Kier molecular flexibility index (Phi) is 19.3. The van der Waals surface area contributed by atoms with Crippen molar-refractivity contribution in [2.45, 2.75) is 144 Å². The molecule has 0 heterocycles. The summed E-state index contributed by atoms with van der Waals surface area (Å²) >= 11 is 0. The summed E-state index contributed by atoms with van der Waals surface area (Å²) in [5.74, 6) is 0.125. The zero-order valence-corrected chi connectivity index (χ0v) is 32.8. The van der Waals surface area contributed by atoms with Crippen LogP contribution in [0.5, 0.6) is 0 Å². The maximum Gasteiger partial charge on any atom is 3.00 e. The minimum atomic E-state index is -0.402. The van der Waals surface area contributed by atoms with Crippen molar-refractivity contribution in [1.82, 2.24) is 0 Å². The summed E-state index contributed by atoms with van der Waals surface area (Å²) < 4.78 is 0. The third-order valence-corrected chi connectivity index (χ3v) is 5.98. The Hall–Kier alpha value is -0.785. The average Bonchev–Trinajstić information content (AvgIpc) is 2.64. The maximum absolute atomic E-state index is 11.5. The van der Waals surface area contributed by atoms with Crippen LogP contribution >= 0.6 is 0 Å². The summed E-state index contributed by atoms with van der Waals surface area (Å²) in [6.07, 6.45) is 0.187. The van der Waals surface area contributed by atoms with Gasteiger partial charge >= 0.3 is 35.6 Å². The standard InChI is InChI=1S/3C11H20O2.La/c3*1-10(2,3)8(12)7-9(13)11(4,5)6;/h3*7H2,1-6H3;/q;;;+3. The van der Waals surface area contributed by atoms with Gasteiger partial charge in [-0.15, -0.1) is 0 Å². The molecule has 0 amide bonds. The molecule has 0 N–H and O–H groups in total. The third-order valence-electron chi connectivity index (χ3n) is 5.98. The van der Waals surface area contributed by atoms with E-state index in [2.05, 4.69) is 0 Å². The maximum atomic E-state index is 11.5. The quantitative estimate of drug-likeness (QED) is 0.263. The van der Waals surface area contributed by atoms with Crippen LogP contribution in [0.25, 0.3) is 0 Å². The molecule has 0 aromatic heterocycles. The molecule has 7 heteroatoms. The Labute approximate surface area is 274 Å². The Morgan fingerprint density at radius 1 is 0.275 bits per heavy atom. The first-order valence-corrected chi connectivity index (χ1v) is 13.8. The van der Waals surface area contributed by atoms with Crippen LogP contribution in [-0.4, -0.2) is 34.7 Å². The van der Waals surface area contributed by atoms with Crippen LogP contribution in [0.1, 0.15) is 144 Å². The van der Waals surface area contributed by atoms with Crippen LogP contribution < -0.4 is 0 Å². The molecule has 0 radical (unpaired) electrons. The molecular weight excluding hydrogens is 631 g/mol. The van der Waals surface area contributed by atoms with Crippen molar-refractivity contribution < 1.29 is 64.4 Å². The molecule has 0 aliphatic carbocycles. The van der Waals surface area contributed by atoms with Crippen molar-refractivity contribution in [2.75, 3.05) is 0 Å². The number of hydrogen-bond acceptors (Lipinski definition) is 6. The summed E-state index contributed by atoms with van der Waals surface area (Å²) in [4.78, 5) is 69.0. The first-order chi connectivity index (χ1) is 16.6. The summed E-state index contributed by atoms with van der Waals surface area (Å²) in [5, 5.41) is 0. The van der Waals surface area contributed by atoms with Gasteiger partial charge in [-0.1, -0.05) is 125 Å². The van der Waals surface area contributed by atoms with E-state index in [0.717, 1.165) is 0 Å². The Morgan fingerprint density at radius 3 is 0.400 bits per heavy atom. The van der Waals surface area contributed by atoms with Gasteiger partial charge in [-0.05, 0) is 0 Å². The van der Waals surface area contributed by atoms with Crippen molar-refractivity contribution in [2.24, 2.45) is 32.5 Å². The van der Waals surface area contributed by atoms with E-state index in [1.54, 1.807) is 0 Å². The summed E-state index contributed by atoms with van der Waals surface area (Å²) in [5.41, 5.74) is -2.41. The molecule has 0 fully saturated rings. The molecule has 0 aromatic rings. The second kappa shape index (κ2) is 16.7. The normalized spacial score (nSPS) is 12.4. The molecule has 0 saturated heterocycles. The van der Waals surface area contributed by atoms with E-state index in [1.165, 1.54) is 0 Å². The summed E-state index contributed by atoms with van der Waals surface area (Å²) in [6, 6.07) is 0. The Morgan fingerprint density at radius 2 is 0.350 bits per heavy atom. The van der Waals surface area contributed by atoms with E-state index < -0.39 is 32.5 Å². The number of hydrogen-bond donors (Lipinski definition) is 0. The van der Waals surface area contributed by atoms with Crippen molar-refractivity contribution >= 4 is 34.7 Å². The SMILES string of the molecule is CC(C)(C)C(=O)CC(=O)C(C)(C)C.CC(C)(C)C(=O)CC(=O)C(C)(C)C.CC(C)(C)C(=O)CC(=O)C(C)(C)C.[La+3]. The molecule has 0 unspecified atom stereocenters. The van der Waals surface area contributed by atoms with E-state index in [0.29, 0.717) is 0 Å². The average molecular weight is 692 g/mol. The molecular formula is C33H60LaO6+3. The molecule has 228 valence electrons. The van der Waals surface area contributed by atoms with Crippen molar-refractivity contribution in [3.8, 4) is 0 Å². The van der Waals surface area contributed by atoms with E-state index in [9.17, 15) is 28.8 Å². The summed E-state index contributed by atoms with van der Waals surface area (Å²) in [7, 11) is 0. The predicted molar refractivity (Wildman–Crippen MR) is 161 cm³/mol. The zero-order chi connectivity index (χ0) is 32.6. The third kappa shape index (κ3) is 21.9. The van der Waals surface area contributed by atoms with Crippen molar-refractivity contribution in [3.63, 3.8) is 0 Å². The number of rotatable bonds is 6. The first-order valence-electron chi connectivity index (χ1n) is 13.8. The van der Waals surface area contributed by atoms with Gasteiger partial charge in [-0.25, -0.2) is 0 Å². The first kappa shape index (κ1) is 46.2. The van der Waals surface area contributed by atoms with Crippen LogP contribution in [0.4, 0.5) is 0 Å². The molecule has 0 aromatic carbocycles. The van der Waals surface area contributed by atoms with Gasteiger partial charge in [0.1, 0.15) is 34.7 Å². The van der Waals surface area contributed by atoms with Gasteiger partial charge in [0.25, 0.3) is 0 Å². The van der Waals surface area contributed by atoms with Gasteiger partial charge in [-0.2, -0.15) is 0 Å². The van der Waals surface area contributed by atoms with E-state index in [1.807, 2.05) is 125 Å². The molecule has 0 aliphatic rings. The second-order valence-electron chi connectivity index (χ2n) is 16.6. The van der Waals surface area contributed by atoms with Gasteiger partial charge in [-0.3, -0.25) is 28.8 Å². The fraction of sp³-hybridized carbons (Fsp3) is 0.818. The van der Waals surface area contributed by atoms with E-state index in [4.69, 9.17) is 0 Å².